The van der Waals surface area contributed by atoms with Crippen molar-refractivity contribution in [3.63, 3.8) is 0 Å². The molecule has 660 valence electrons. The van der Waals surface area contributed by atoms with Crippen LogP contribution in [0.1, 0.15) is 0 Å². The highest BCUT2D eigenvalue weighted by Crippen LogP contribution is 2.47. The van der Waals surface area contributed by atoms with Gasteiger partial charge in [0.15, 0.2) is 0 Å². The summed E-state index contributed by atoms with van der Waals surface area (Å²) in [6.45, 7) is 0. The van der Waals surface area contributed by atoms with E-state index in [1.54, 1.807) is 40.3 Å². The van der Waals surface area contributed by atoms with Crippen LogP contribution in [0.25, 0.3) is 268 Å². The van der Waals surface area contributed by atoms with Crippen molar-refractivity contribution in [3.8, 4) is 74.1 Å². The average Bonchev–Trinajstić information content (AvgIpc) is 1.58. The lowest BCUT2D eigenvalue weighted by atomic mass is 10.0. The molecule has 0 amide bonds. The van der Waals surface area contributed by atoms with Crippen molar-refractivity contribution < 1.29 is 4.42 Å². The van der Waals surface area contributed by atoms with Gasteiger partial charge in [0, 0.05) is 146 Å². The van der Waals surface area contributed by atoms with Crippen LogP contribution < -0.4 is 0 Å². The number of benzene rings is 17. The molecular weight excluding hydrogens is 1780 g/mol. The fourth-order valence-corrected chi connectivity index (χ4v) is 23.8. The molecule has 0 aliphatic rings. The highest BCUT2D eigenvalue weighted by Gasteiger charge is 2.27. The first kappa shape index (κ1) is 81.2. The number of fused-ring (bicyclic) bond motifs is 27. The van der Waals surface area contributed by atoms with E-state index >= 15 is 0 Å². The van der Waals surface area contributed by atoms with Crippen LogP contribution in [0.4, 0.5) is 0 Å². The van der Waals surface area contributed by atoms with Crippen LogP contribution in [0.2, 0.25) is 0 Å². The molecule has 0 radical (unpaired) electrons. The van der Waals surface area contributed by atoms with Gasteiger partial charge in [-0.2, -0.15) is 0 Å². The molecule has 0 bridgehead atoms. The first-order chi connectivity index (χ1) is 70.0. The molecule has 13 nitrogen and oxygen atoms in total. The lowest BCUT2D eigenvalue weighted by Crippen LogP contribution is -2.03. The second-order valence-corrected chi connectivity index (χ2v) is 38.2. The lowest BCUT2D eigenvalue weighted by molar-refractivity contribution is 0.616. The van der Waals surface area contributed by atoms with Crippen LogP contribution in [0, 0.1) is 0 Å². The van der Waals surface area contributed by atoms with E-state index in [0.29, 0.717) is 11.9 Å². The van der Waals surface area contributed by atoms with E-state index in [0.717, 1.165) is 133 Å². The van der Waals surface area contributed by atoms with Crippen molar-refractivity contribution in [2.24, 2.45) is 0 Å². The highest BCUT2D eigenvalue weighted by molar-refractivity contribution is 7.18. The molecule has 0 fully saturated rings. The minimum atomic E-state index is 0.655. The third-order valence-corrected chi connectivity index (χ3v) is 30.2. The molecular formula is C125H76N12OS3. The van der Waals surface area contributed by atoms with Crippen LogP contribution in [-0.2, 0) is 0 Å². The summed E-state index contributed by atoms with van der Waals surface area (Å²) < 4.78 is 21.0. The molecule has 141 heavy (non-hydrogen) atoms. The minimum Gasteiger partial charge on any atom is -0.464 e. The molecule has 14 aromatic heterocycles. The Bertz CT molecular complexity index is 9810. The van der Waals surface area contributed by atoms with E-state index in [9.17, 15) is 0 Å². The van der Waals surface area contributed by atoms with Crippen molar-refractivity contribution >= 4 is 228 Å². The van der Waals surface area contributed by atoms with E-state index in [-0.39, 0.29) is 0 Å². The summed E-state index contributed by atoms with van der Waals surface area (Å²) in [7, 11) is 0. The van der Waals surface area contributed by atoms with Crippen LogP contribution in [0.5, 0.6) is 0 Å². The molecule has 0 atom stereocenters. The van der Waals surface area contributed by atoms with Crippen LogP contribution >= 0.6 is 34.0 Å². The molecule has 0 aliphatic carbocycles. The molecule has 0 saturated carbocycles. The van der Waals surface area contributed by atoms with Crippen molar-refractivity contribution in [1.29, 1.82) is 0 Å². The Morgan fingerprint density at radius 2 is 0.610 bits per heavy atom. The molecule has 31 aromatic rings. The van der Waals surface area contributed by atoms with E-state index < -0.39 is 0 Å². The maximum atomic E-state index is 5.72. The van der Waals surface area contributed by atoms with Gasteiger partial charge in [0.25, 0.3) is 0 Å². The van der Waals surface area contributed by atoms with E-state index in [4.69, 9.17) is 34.3 Å². The summed E-state index contributed by atoms with van der Waals surface area (Å²) in [6.07, 6.45) is 5.47. The zero-order valence-corrected chi connectivity index (χ0v) is 77.8. The molecule has 16 heteroatoms. The Balaban J connectivity index is 0.0000000932. The maximum absolute atomic E-state index is 5.72. The second-order valence-electron chi connectivity index (χ2n) is 35.4. The number of hydrogen-bond acceptors (Lipinski definition) is 11. The van der Waals surface area contributed by atoms with Crippen molar-refractivity contribution in [1.82, 2.24) is 57.7 Å². The Hall–Kier alpha value is -18.2. The number of furan rings is 1. The number of nitrogens with zero attached hydrogens (tertiary/aromatic N) is 12. The van der Waals surface area contributed by atoms with Gasteiger partial charge in [0.05, 0.1) is 95.1 Å². The predicted molar refractivity (Wildman–Crippen MR) is 590 cm³/mol. The summed E-state index contributed by atoms with van der Waals surface area (Å²) >= 11 is 5.33. The fourth-order valence-electron chi connectivity index (χ4n) is 21.4. The van der Waals surface area contributed by atoms with Crippen molar-refractivity contribution in [3.05, 3.63) is 459 Å². The van der Waals surface area contributed by atoms with Gasteiger partial charge < -0.3 is 8.98 Å². The molecule has 17 aromatic carbocycles. The quantitative estimate of drug-likeness (QED) is 0.140. The average molecular weight is 1860 g/mol. The molecule has 31 rings (SSSR count). The topological polar surface area (TPSA) is 128 Å². The molecule has 0 N–H and O–H groups in total. The number of rotatable bonds is 9. The first-order valence-corrected chi connectivity index (χ1v) is 49.6. The summed E-state index contributed by atoms with van der Waals surface area (Å²) in [5.41, 5.74) is 24.8. The third-order valence-electron chi connectivity index (χ3n) is 27.6. The zero-order valence-electron chi connectivity index (χ0n) is 75.4. The summed E-state index contributed by atoms with van der Waals surface area (Å²) in [4.78, 5) is 35.5. The standard InChI is InChI=1S/C40H24N4S.C29H18N2S.C28H17N3O.C28H17N3S/c1-2-10-26(11-3-1)43-34-16-8-6-13-28(34)32-24-25(18-20-36(32)43)38-30-14-4-7-15-33(30)41-40(42-38)44-35-17-9-5-12-27(35)29-19-21-37-31(39(29)44)22-23-45-37;1-2-8-19(9-3-1)28-21-11-5-4-10-20(21)18-27(30-28)31-25-13-7-6-12-22(25)23-14-15-26-24(29(23)31)16-17-32-26;1-2-8-18(9-3-1)26-21-11-4-6-12-23(21)29-28(30-26)31-24-13-7-5-10-19(24)20-14-15-25-22(27(20)31)16-17-32-25;1-2-6-18(7-3-1)22-16-27(30-24-12-14-29-17-23(22)24)31-25-9-5-4-8-19(25)20-10-11-26-21(28(20)31)13-15-32-26/h1-24H;1-18H;2*1-17H. The van der Waals surface area contributed by atoms with Gasteiger partial charge in [0.1, 0.15) is 17.2 Å². The largest absolute Gasteiger partial charge is 0.464 e. The monoisotopic (exact) mass is 1860 g/mol. The van der Waals surface area contributed by atoms with E-state index in [1.165, 1.54) is 123 Å². The van der Waals surface area contributed by atoms with Gasteiger partial charge >= 0.3 is 0 Å². The number of hydrogen-bond donors (Lipinski definition) is 0. The molecule has 0 saturated heterocycles. The first-order valence-electron chi connectivity index (χ1n) is 47.0. The van der Waals surface area contributed by atoms with Gasteiger partial charge in [-0.3, -0.25) is 23.3 Å². The highest BCUT2D eigenvalue weighted by atomic mass is 32.1. The SMILES string of the molecule is c1ccc(-c2cc(-n3c4ccccc4c4ccc5sccc5c43)nc3ccncc23)cc1.c1ccc(-c2nc(-n3c4ccccc4c4ccc5occc5c43)nc3ccccc23)cc1.c1ccc(-c2nc(-n3c4ccccc4c4ccc5sccc5c43)cc3ccccc23)cc1.c1ccc(-n2c3ccccc3c3cc(-c4nc(-n5c6ccccc6c6ccc7sccc7c65)nc5ccccc45)ccc32)cc1. The maximum Gasteiger partial charge on any atom is 0.235 e. The van der Waals surface area contributed by atoms with Gasteiger partial charge in [-0.25, -0.2) is 29.9 Å². The van der Waals surface area contributed by atoms with E-state index in [2.05, 4.69) is 408 Å². The van der Waals surface area contributed by atoms with Gasteiger partial charge in [-0.1, -0.05) is 285 Å². The Labute approximate surface area is 817 Å². The van der Waals surface area contributed by atoms with Crippen molar-refractivity contribution in [2.75, 3.05) is 0 Å². The minimum absolute atomic E-state index is 0.655. The van der Waals surface area contributed by atoms with Crippen LogP contribution in [0.15, 0.2) is 464 Å². The molecule has 14 heterocycles. The van der Waals surface area contributed by atoms with Gasteiger partial charge in [0.2, 0.25) is 11.9 Å². The van der Waals surface area contributed by atoms with Crippen LogP contribution in [0.3, 0.4) is 0 Å². The van der Waals surface area contributed by atoms with Gasteiger partial charge in [-0.05, 0) is 172 Å². The lowest BCUT2D eigenvalue weighted by Gasteiger charge is -2.13. The number of pyridine rings is 3. The Morgan fingerprint density at radius 3 is 1.13 bits per heavy atom. The normalized spacial score (nSPS) is 11.8. The summed E-state index contributed by atoms with van der Waals surface area (Å²) in [6, 6.07) is 149. The van der Waals surface area contributed by atoms with Gasteiger partial charge in [-0.15, -0.1) is 34.0 Å². The number of thiophene rings is 3. The summed E-state index contributed by atoms with van der Waals surface area (Å²) in [5.74, 6) is 3.21. The zero-order chi connectivity index (χ0) is 92.7. The third kappa shape index (κ3) is 13.4. The summed E-state index contributed by atoms with van der Waals surface area (Å²) in [5, 5.41) is 29.0. The number of para-hydroxylation sites is 8. The Kier molecular flexibility index (Phi) is 19.2. The Morgan fingerprint density at radius 1 is 0.220 bits per heavy atom. The van der Waals surface area contributed by atoms with Crippen LogP contribution in [-0.4, -0.2) is 57.7 Å². The number of aromatic nitrogens is 12. The fraction of sp³-hybridized carbons (Fsp3) is 0. The predicted octanol–water partition coefficient (Wildman–Crippen LogP) is 33.7. The smallest absolute Gasteiger partial charge is 0.235 e. The second kappa shape index (κ2) is 33.4. The molecule has 0 spiro atoms. The molecule has 0 unspecified atom stereocenters. The molecule has 0 aliphatic heterocycles. The van der Waals surface area contributed by atoms with Crippen molar-refractivity contribution in [2.45, 2.75) is 0 Å². The van der Waals surface area contributed by atoms with E-state index in [1.807, 2.05) is 73.1 Å².